The van der Waals surface area contributed by atoms with Gasteiger partial charge in [-0.1, -0.05) is 0 Å². The normalized spacial score (nSPS) is 13.7. The second kappa shape index (κ2) is 6.87. The molecule has 2 amide bonds. The molecule has 26 heavy (non-hydrogen) atoms. The fraction of sp³-hybridized carbons (Fsp3) is 0.294. The number of carbonyl (C=O) groups is 3. The Balaban J connectivity index is 1.79. The second-order valence-electron chi connectivity index (χ2n) is 5.90. The molecule has 2 aromatic rings. The summed E-state index contributed by atoms with van der Waals surface area (Å²) in [4.78, 5) is 41.5. The topological polar surface area (TPSA) is 128 Å². The number of benzene rings is 1. The second-order valence-corrected chi connectivity index (χ2v) is 5.90. The Morgan fingerprint density at radius 2 is 1.88 bits per heavy atom. The molecule has 0 atom stereocenters. The molecule has 1 aromatic carbocycles. The van der Waals surface area contributed by atoms with E-state index in [-0.39, 0.29) is 28.5 Å². The number of methoxy groups -OCH3 is 1. The molecule has 0 spiro atoms. The van der Waals surface area contributed by atoms with E-state index in [1.54, 1.807) is 15.7 Å². The highest BCUT2D eigenvalue weighted by Crippen LogP contribution is 2.19. The van der Waals surface area contributed by atoms with Crippen LogP contribution in [-0.2, 0) is 17.7 Å². The maximum absolute atomic E-state index is 12.8. The molecule has 0 radical (unpaired) electrons. The number of fused-ring (bicyclic) bond motifs is 1. The molecule has 9 nitrogen and oxygen atoms in total. The molecule has 136 valence electrons. The summed E-state index contributed by atoms with van der Waals surface area (Å²) in [6, 6.07) is 3.94. The lowest BCUT2D eigenvalue weighted by Gasteiger charge is -2.20. The van der Waals surface area contributed by atoms with Gasteiger partial charge < -0.3 is 25.0 Å². The summed E-state index contributed by atoms with van der Waals surface area (Å²) in [5.41, 5.74) is 5.74. The Labute approximate surface area is 149 Å². The third-order valence-corrected chi connectivity index (χ3v) is 4.20. The van der Waals surface area contributed by atoms with Crippen molar-refractivity contribution in [1.82, 2.24) is 14.5 Å². The number of amides is 2. The fourth-order valence-electron chi connectivity index (χ4n) is 2.90. The minimum absolute atomic E-state index is 0.102. The highest BCUT2D eigenvalue weighted by Gasteiger charge is 2.23. The fourth-order valence-corrected chi connectivity index (χ4v) is 2.90. The van der Waals surface area contributed by atoms with Gasteiger partial charge in [-0.2, -0.15) is 0 Å². The van der Waals surface area contributed by atoms with Gasteiger partial charge in [-0.05, 0) is 18.2 Å². The number of imidazole rings is 1. The molecule has 1 aliphatic heterocycles. The SMILES string of the molecule is COC(=O)c1cc(O)cc(C(=O)N2CCc3nc(C(N)=O)cn3CC2)c1. The largest absolute Gasteiger partial charge is 0.508 e. The molecule has 1 aliphatic rings. The van der Waals surface area contributed by atoms with Crippen molar-refractivity contribution in [2.24, 2.45) is 5.73 Å². The molecule has 0 saturated heterocycles. The van der Waals surface area contributed by atoms with Crippen LogP contribution in [0.3, 0.4) is 0 Å². The van der Waals surface area contributed by atoms with Crippen molar-refractivity contribution in [3.05, 3.63) is 47.0 Å². The number of nitrogens with two attached hydrogens (primary N) is 1. The van der Waals surface area contributed by atoms with Gasteiger partial charge in [0.25, 0.3) is 11.8 Å². The quantitative estimate of drug-likeness (QED) is 0.753. The molecule has 1 aromatic heterocycles. The molecule has 0 bridgehead atoms. The zero-order valence-electron chi connectivity index (χ0n) is 14.1. The molecule has 3 N–H and O–H groups in total. The molecule has 0 saturated carbocycles. The van der Waals surface area contributed by atoms with Crippen LogP contribution in [0.4, 0.5) is 0 Å². The van der Waals surface area contributed by atoms with E-state index >= 15 is 0 Å². The molecule has 0 fully saturated rings. The number of carbonyl (C=O) groups excluding carboxylic acids is 3. The molecule has 3 rings (SSSR count). The van der Waals surface area contributed by atoms with Crippen LogP contribution in [0.15, 0.2) is 24.4 Å². The van der Waals surface area contributed by atoms with Crippen LogP contribution < -0.4 is 5.73 Å². The van der Waals surface area contributed by atoms with Crippen molar-refractivity contribution in [2.45, 2.75) is 13.0 Å². The summed E-state index contributed by atoms with van der Waals surface area (Å²) in [5, 5.41) is 9.80. The molecule has 0 unspecified atom stereocenters. The van der Waals surface area contributed by atoms with E-state index in [0.29, 0.717) is 31.9 Å². The number of esters is 1. The molecule has 2 heterocycles. The standard InChI is InChI=1S/C17H18N4O5/c1-26-17(25)11-6-10(7-12(22)8-11)16(24)20-3-2-14-19-13(15(18)23)9-21(14)5-4-20/h6-9,22H,2-5H2,1H3,(H2,18,23). The lowest BCUT2D eigenvalue weighted by Crippen LogP contribution is -2.33. The van der Waals surface area contributed by atoms with Gasteiger partial charge in [-0.15, -0.1) is 0 Å². The zero-order chi connectivity index (χ0) is 18.8. The minimum Gasteiger partial charge on any atom is -0.508 e. The van der Waals surface area contributed by atoms with E-state index in [4.69, 9.17) is 5.73 Å². The van der Waals surface area contributed by atoms with Crippen LogP contribution in [0.1, 0.15) is 37.0 Å². The first-order chi connectivity index (χ1) is 12.4. The van der Waals surface area contributed by atoms with Gasteiger partial charge in [0.05, 0.1) is 12.7 Å². The lowest BCUT2D eigenvalue weighted by atomic mass is 10.1. The van der Waals surface area contributed by atoms with Gasteiger partial charge in [0, 0.05) is 37.8 Å². The summed E-state index contributed by atoms with van der Waals surface area (Å²) in [6.07, 6.45) is 2.04. The van der Waals surface area contributed by atoms with Crippen LogP contribution in [0.5, 0.6) is 5.75 Å². The Morgan fingerprint density at radius 3 is 2.58 bits per heavy atom. The van der Waals surface area contributed by atoms with E-state index in [2.05, 4.69) is 9.72 Å². The van der Waals surface area contributed by atoms with Crippen LogP contribution in [0.25, 0.3) is 0 Å². The van der Waals surface area contributed by atoms with Crippen molar-refractivity contribution in [2.75, 3.05) is 20.2 Å². The van der Waals surface area contributed by atoms with Crippen molar-refractivity contribution >= 4 is 17.8 Å². The smallest absolute Gasteiger partial charge is 0.338 e. The van der Waals surface area contributed by atoms with Crippen molar-refractivity contribution in [3.63, 3.8) is 0 Å². The Kier molecular flexibility index (Phi) is 4.61. The van der Waals surface area contributed by atoms with Crippen LogP contribution in [-0.4, -0.2) is 57.5 Å². The zero-order valence-corrected chi connectivity index (χ0v) is 14.1. The number of ether oxygens (including phenoxy) is 1. The van der Waals surface area contributed by atoms with E-state index in [9.17, 15) is 19.5 Å². The monoisotopic (exact) mass is 358 g/mol. The first-order valence-electron chi connectivity index (χ1n) is 7.96. The van der Waals surface area contributed by atoms with Gasteiger partial charge in [0.2, 0.25) is 0 Å². The van der Waals surface area contributed by atoms with Gasteiger partial charge in [-0.3, -0.25) is 9.59 Å². The molecule has 9 heteroatoms. The van der Waals surface area contributed by atoms with Gasteiger partial charge in [0.15, 0.2) is 0 Å². The predicted molar refractivity (Wildman–Crippen MR) is 89.8 cm³/mol. The molecule has 0 aliphatic carbocycles. The highest BCUT2D eigenvalue weighted by molar-refractivity contribution is 5.98. The number of primary amides is 1. The van der Waals surface area contributed by atoms with E-state index in [1.165, 1.54) is 25.3 Å². The number of nitrogens with zero attached hydrogens (tertiary/aromatic N) is 3. The van der Waals surface area contributed by atoms with Crippen LogP contribution in [0.2, 0.25) is 0 Å². The van der Waals surface area contributed by atoms with Crippen LogP contribution in [0, 0.1) is 0 Å². The first-order valence-corrected chi connectivity index (χ1v) is 7.96. The Bertz CT molecular complexity index is 864. The number of phenols is 1. The number of hydrogen-bond acceptors (Lipinski definition) is 6. The highest BCUT2D eigenvalue weighted by atomic mass is 16.5. The third kappa shape index (κ3) is 3.37. The summed E-state index contributed by atoms with van der Waals surface area (Å²) in [7, 11) is 1.23. The van der Waals surface area contributed by atoms with Gasteiger partial charge in [0.1, 0.15) is 17.3 Å². The third-order valence-electron chi connectivity index (χ3n) is 4.20. The maximum atomic E-state index is 12.8. The molecular formula is C17H18N4O5. The first kappa shape index (κ1) is 17.5. The maximum Gasteiger partial charge on any atom is 0.338 e. The van der Waals surface area contributed by atoms with E-state index in [1.807, 2.05) is 0 Å². The van der Waals surface area contributed by atoms with E-state index < -0.39 is 11.9 Å². The average molecular weight is 358 g/mol. The van der Waals surface area contributed by atoms with Crippen molar-refractivity contribution < 1.29 is 24.2 Å². The Morgan fingerprint density at radius 1 is 1.15 bits per heavy atom. The van der Waals surface area contributed by atoms with Crippen molar-refractivity contribution in [1.29, 1.82) is 0 Å². The predicted octanol–water partition coefficient (Wildman–Crippen LogP) is 0.173. The number of hydrogen-bond donors (Lipinski definition) is 2. The number of phenolic OH excluding ortho intramolecular Hbond substituents is 1. The number of aromatic hydroxyl groups is 1. The van der Waals surface area contributed by atoms with Crippen molar-refractivity contribution in [3.8, 4) is 5.75 Å². The average Bonchev–Trinajstić information content (AvgIpc) is 2.93. The lowest BCUT2D eigenvalue weighted by molar-refractivity contribution is 0.0600. The molecular weight excluding hydrogens is 340 g/mol. The van der Waals surface area contributed by atoms with Gasteiger partial charge >= 0.3 is 5.97 Å². The summed E-state index contributed by atoms with van der Waals surface area (Å²) >= 11 is 0. The van der Waals surface area contributed by atoms with E-state index in [0.717, 1.165) is 0 Å². The summed E-state index contributed by atoms with van der Waals surface area (Å²) in [5.74, 6) is -1.05. The van der Waals surface area contributed by atoms with Crippen LogP contribution >= 0.6 is 0 Å². The number of aromatic nitrogens is 2. The summed E-state index contributed by atoms with van der Waals surface area (Å²) in [6.45, 7) is 1.24. The van der Waals surface area contributed by atoms with Gasteiger partial charge in [-0.25, -0.2) is 9.78 Å². The Hall–Kier alpha value is -3.36. The minimum atomic E-state index is -0.634. The summed E-state index contributed by atoms with van der Waals surface area (Å²) < 4.78 is 6.43. The number of rotatable bonds is 3.